The molecular weight excluding hydrogens is 182 g/mol. The molecule has 0 saturated heterocycles. The van der Waals surface area contributed by atoms with Crippen molar-refractivity contribution in [3.05, 3.63) is 23.3 Å². The van der Waals surface area contributed by atoms with Crippen LogP contribution in [0.2, 0.25) is 0 Å². The number of ether oxygens (including phenoxy) is 1. The smallest absolute Gasteiger partial charge is 0.376 e. The summed E-state index contributed by atoms with van der Waals surface area (Å²) in [5.41, 5.74) is 1.95. The van der Waals surface area contributed by atoms with E-state index in [9.17, 15) is 4.79 Å². The minimum absolute atomic E-state index is 0.148. The Bertz CT molecular complexity index is 365. The second-order valence-corrected chi connectivity index (χ2v) is 2.99. The van der Waals surface area contributed by atoms with E-state index in [0.29, 0.717) is 13.2 Å². The van der Waals surface area contributed by atoms with Crippen LogP contribution < -0.4 is 5.32 Å². The Morgan fingerprint density at radius 2 is 2.50 bits per heavy atom. The van der Waals surface area contributed by atoms with E-state index < -0.39 is 5.97 Å². The maximum atomic E-state index is 11.3. The Morgan fingerprint density at radius 3 is 3.29 bits per heavy atom. The van der Waals surface area contributed by atoms with Crippen LogP contribution in [0.1, 0.15) is 28.8 Å². The molecule has 0 atom stereocenters. The second kappa shape index (κ2) is 3.71. The van der Waals surface area contributed by atoms with Gasteiger partial charge in [0.2, 0.25) is 5.82 Å². The minimum atomic E-state index is -0.456. The van der Waals surface area contributed by atoms with Crippen molar-refractivity contribution >= 4 is 5.97 Å². The highest BCUT2D eigenvalue weighted by Gasteiger charge is 2.16. The number of carbonyl (C=O) groups excluding carboxylic acids is 1. The molecule has 1 aliphatic rings. The molecule has 5 nitrogen and oxygen atoms in total. The van der Waals surface area contributed by atoms with Gasteiger partial charge in [0.15, 0.2) is 0 Å². The molecule has 1 aliphatic heterocycles. The molecule has 1 N–H and O–H groups in total. The van der Waals surface area contributed by atoms with E-state index in [1.807, 2.05) is 0 Å². The molecule has 0 aromatic carbocycles. The lowest BCUT2D eigenvalue weighted by atomic mass is 10.3. The number of rotatable bonds is 2. The van der Waals surface area contributed by atoms with Gasteiger partial charge < -0.3 is 10.1 Å². The van der Waals surface area contributed by atoms with Gasteiger partial charge in [0, 0.05) is 24.8 Å². The van der Waals surface area contributed by atoms with Crippen LogP contribution >= 0.6 is 0 Å². The van der Waals surface area contributed by atoms with Gasteiger partial charge in [-0.25, -0.2) is 14.8 Å². The molecule has 0 unspecified atom stereocenters. The molecular formula is C9H11N3O2. The molecule has 1 aromatic rings. The molecule has 2 rings (SSSR count). The summed E-state index contributed by atoms with van der Waals surface area (Å²) in [5.74, 6) is -0.309. The lowest BCUT2D eigenvalue weighted by Crippen LogP contribution is -2.11. The molecule has 2 heterocycles. The monoisotopic (exact) mass is 193 g/mol. The molecule has 0 aliphatic carbocycles. The fraction of sp³-hybridized carbons (Fsp3) is 0.444. The van der Waals surface area contributed by atoms with Gasteiger partial charge in [0.1, 0.15) is 0 Å². The summed E-state index contributed by atoms with van der Waals surface area (Å²) in [7, 11) is 0. The van der Waals surface area contributed by atoms with E-state index in [4.69, 9.17) is 4.74 Å². The van der Waals surface area contributed by atoms with Crippen LogP contribution in [0, 0.1) is 0 Å². The van der Waals surface area contributed by atoms with Crippen LogP contribution in [-0.2, 0) is 17.8 Å². The number of hydrogen-bond donors (Lipinski definition) is 1. The second-order valence-electron chi connectivity index (χ2n) is 2.99. The lowest BCUT2D eigenvalue weighted by molar-refractivity contribution is 0.0511. The van der Waals surface area contributed by atoms with Crippen LogP contribution in [0.15, 0.2) is 6.20 Å². The van der Waals surface area contributed by atoms with Gasteiger partial charge in [0.25, 0.3) is 0 Å². The molecule has 5 heteroatoms. The van der Waals surface area contributed by atoms with Crippen LogP contribution in [-0.4, -0.2) is 22.5 Å². The predicted molar refractivity (Wildman–Crippen MR) is 48.5 cm³/mol. The molecule has 1 aromatic heterocycles. The first-order chi connectivity index (χ1) is 6.81. The van der Waals surface area contributed by atoms with Gasteiger partial charge in [-0.05, 0) is 6.92 Å². The van der Waals surface area contributed by atoms with Crippen molar-refractivity contribution in [2.45, 2.75) is 20.0 Å². The van der Waals surface area contributed by atoms with Crippen molar-refractivity contribution in [3.63, 3.8) is 0 Å². The Kier molecular flexibility index (Phi) is 2.41. The minimum Gasteiger partial charge on any atom is -0.460 e. The van der Waals surface area contributed by atoms with Crippen molar-refractivity contribution < 1.29 is 9.53 Å². The van der Waals surface area contributed by atoms with Crippen molar-refractivity contribution in [1.82, 2.24) is 15.3 Å². The maximum absolute atomic E-state index is 11.3. The Labute approximate surface area is 81.5 Å². The average molecular weight is 193 g/mol. The predicted octanol–water partition coefficient (Wildman–Crippen LogP) is 0.257. The molecule has 74 valence electrons. The number of hydrogen-bond acceptors (Lipinski definition) is 5. The average Bonchev–Trinajstić information content (AvgIpc) is 2.64. The summed E-state index contributed by atoms with van der Waals surface area (Å²) in [6.07, 6.45) is 1.68. The summed E-state index contributed by atoms with van der Waals surface area (Å²) in [5, 5.41) is 3.13. The zero-order chi connectivity index (χ0) is 9.97. The zero-order valence-electron chi connectivity index (χ0n) is 7.91. The molecule has 0 spiro atoms. The third-order valence-electron chi connectivity index (χ3n) is 2.02. The lowest BCUT2D eigenvalue weighted by Gasteiger charge is -2.01. The Balaban J connectivity index is 2.24. The fourth-order valence-electron chi connectivity index (χ4n) is 1.35. The van der Waals surface area contributed by atoms with Gasteiger partial charge in [-0.3, -0.25) is 0 Å². The van der Waals surface area contributed by atoms with Crippen LogP contribution in [0.5, 0.6) is 0 Å². The Morgan fingerprint density at radius 1 is 1.64 bits per heavy atom. The van der Waals surface area contributed by atoms with Gasteiger partial charge in [-0.15, -0.1) is 0 Å². The number of fused-ring (bicyclic) bond motifs is 1. The normalized spacial score (nSPS) is 13.8. The zero-order valence-corrected chi connectivity index (χ0v) is 7.91. The largest absolute Gasteiger partial charge is 0.460 e. The maximum Gasteiger partial charge on any atom is 0.376 e. The van der Waals surface area contributed by atoms with E-state index in [1.54, 1.807) is 13.1 Å². The van der Waals surface area contributed by atoms with Crippen LogP contribution in [0.4, 0.5) is 0 Å². The quantitative estimate of drug-likeness (QED) is 0.682. The van der Waals surface area contributed by atoms with Crippen LogP contribution in [0.25, 0.3) is 0 Å². The van der Waals surface area contributed by atoms with Crippen molar-refractivity contribution in [2.24, 2.45) is 0 Å². The molecule has 0 saturated carbocycles. The van der Waals surface area contributed by atoms with E-state index in [-0.39, 0.29) is 5.82 Å². The summed E-state index contributed by atoms with van der Waals surface area (Å²) in [6.45, 7) is 3.58. The molecule has 0 amide bonds. The molecule has 0 fully saturated rings. The third-order valence-corrected chi connectivity index (χ3v) is 2.02. The van der Waals surface area contributed by atoms with Crippen molar-refractivity contribution in [2.75, 3.05) is 6.61 Å². The van der Waals surface area contributed by atoms with E-state index in [1.165, 1.54) is 0 Å². The molecule has 0 radical (unpaired) electrons. The number of aromatic nitrogens is 2. The van der Waals surface area contributed by atoms with Crippen molar-refractivity contribution in [3.8, 4) is 0 Å². The van der Waals surface area contributed by atoms with Gasteiger partial charge >= 0.3 is 5.97 Å². The first kappa shape index (κ1) is 9.08. The first-order valence-corrected chi connectivity index (χ1v) is 4.54. The number of esters is 1. The summed E-state index contributed by atoms with van der Waals surface area (Å²) in [6, 6.07) is 0. The topological polar surface area (TPSA) is 64.1 Å². The molecule has 0 bridgehead atoms. The summed E-state index contributed by atoms with van der Waals surface area (Å²) < 4.78 is 4.80. The Hall–Kier alpha value is -1.49. The van der Waals surface area contributed by atoms with E-state index in [0.717, 1.165) is 17.8 Å². The van der Waals surface area contributed by atoms with E-state index >= 15 is 0 Å². The van der Waals surface area contributed by atoms with Gasteiger partial charge in [-0.1, -0.05) is 0 Å². The number of carbonyl (C=O) groups is 1. The number of nitrogens with one attached hydrogen (secondary N) is 1. The third kappa shape index (κ3) is 1.58. The van der Waals surface area contributed by atoms with Gasteiger partial charge in [0.05, 0.1) is 12.3 Å². The van der Waals surface area contributed by atoms with Crippen LogP contribution in [0.3, 0.4) is 0 Å². The van der Waals surface area contributed by atoms with Gasteiger partial charge in [-0.2, -0.15) is 0 Å². The van der Waals surface area contributed by atoms with E-state index in [2.05, 4.69) is 15.3 Å². The molecule has 14 heavy (non-hydrogen) atoms. The first-order valence-electron chi connectivity index (χ1n) is 4.54. The van der Waals surface area contributed by atoms with Crippen molar-refractivity contribution in [1.29, 1.82) is 0 Å². The summed E-state index contributed by atoms with van der Waals surface area (Å²) in [4.78, 5) is 19.3. The SMILES string of the molecule is CCOC(=O)c1ncc2c(n1)CNC2. The standard InChI is InChI=1S/C9H11N3O2/c1-2-14-9(13)8-11-4-6-3-10-5-7(6)12-8/h4,10H,2-3,5H2,1H3. The fourth-order valence-corrected chi connectivity index (χ4v) is 1.35. The number of nitrogens with zero attached hydrogens (tertiary/aromatic N) is 2. The highest BCUT2D eigenvalue weighted by molar-refractivity contribution is 5.85. The highest BCUT2D eigenvalue weighted by atomic mass is 16.5. The summed E-state index contributed by atoms with van der Waals surface area (Å²) >= 11 is 0. The highest BCUT2D eigenvalue weighted by Crippen LogP contribution is 2.11.